The molecule has 0 aliphatic rings. The van der Waals surface area contributed by atoms with E-state index in [1.165, 1.54) is 11.1 Å². The van der Waals surface area contributed by atoms with Crippen molar-refractivity contribution in [1.29, 1.82) is 0 Å². The zero-order valence-electron chi connectivity index (χ0n) is 11.3. The molecule has 1 atom stereocenters. The number of hydrogen-bond acceptors (Lipinski definition) is 0. The van der Waals surface area contributed by atoms with E-state index in [-0.39, 0.29) is 5.92 Å². The molecular weight excluding hydrogens is 228 g/mol. The van der Waals surface area contributed by atoms with Crippen LogP contribution < -0.4 is 0 Å². The van der Waals surface area contributed by atoms with E-state index in [0.29, 0.717) is 0 Å². The Labute approximate surface area is 115 Å². The predicted molar refractivity (Wildman–Crippen MR) is 80.8 cm³/mol. The van der Waals surface area contributed by atoms with E-state index in [1.807, 2.05) is 24.3 Å². The average molecular weight is 244 g/mol. The van der Waals surface area contributed by atoms with Crippen LogP contribution in [0.25, 0.3) is 0 Å². The van der Waals surface area contributed by atoms with Gasteiger partial charge in [0, 0.05) is 5.56 Å². The van der Waals surface area contributed by atoms with Crippen molar-refractivity contribution < 1.29 is 0 Å². The minimum absolute atomic E-state index is 0.151. The number of benzene rings is 2. The third-order valence-corrected chi connectivity index (χ3v) is 2.99. The first-order chi connectivity index (χ1) is 9.19. The molecule has 0 aliphatic carbocycles. The molecule has 0 saturated carbocycles. The number of terminal acetylenes is 1. The van der Waals surface area contributed by atoms with Crippen LogP contribution in [0, 0.1) is 38.0 Å². The van der Waals surface area contributed by atoms with E-state index in [9.17, 15) is 0 Å². The Hall–Kier alpha value is -2.44. The van der Waals surface area contributed by atoms with Crippen molar-refractivity contribution in [1.82, 2.24) is 0 Å². The van der Waals surface area contributed by atoms with E-state index in [1.54, 1.807) is 0 Å². The summed E-state index contributed by atoms with van der Waals surface area (Å²) >= 11 is 0. The molecule has 92 valence electrons. The zero-order chi connectivity index (χ0) is 13.7. The maximum atomic E-state index is 5.58. The van der Waals surface area contributed by atoms with E-state index < -0.39 is 0 Å². The van der Waals surface area contributed by atoms with Gasteiger partial charge in [0.25, 0.3) is 0 Å². The Balaban J connectivity index is 2.23. The van der Waals surface area contributed by atoms with Gasteiger partial charge in [0.15, 0.2) is 0 Å². The first-order valence-electron chi connectivity index (χ1n) is 6.30. The lowest BCUT2D eigenvalue weighted by molar-refractivity contribution is 1.17. The predicted octanol–water partition coefficient (Wildman–Crippen LogP) is 4.07. The summed E-state index contributed by atoms with van der Waals surface area (Å²) in [6.45, 7) is 4.13. The fourth-order valence-corrected chi connectivity index (χ4v) is 1.77. The highest BCUT2D eigenvalue weighted by atomic mass is 14.0. The van der Waals surface area contributed by atoms with E-state index in [2.05, 4.69) is 55.9 Å². The van der Waals surface area contributed by atoms with Crippen molar-refractivity contribution in [2.24, 2.45) is 0 Å². The third kappa shape index (κ3) is 3.51. The molecule has 0 aliphatic heterocycles. The van der Waals surface area contributed by atoms with Crippen LogP contribution in [0.5, 0.6) is 0 Å². The lowest BCUT2D eigenvalue weighted by Crippen LogP contribution is -1.92. The van der Waals surface area contributed by atoms with Gasteiger partial charge in [-0.05, 0) is 31.5 Å². The monoisotopic (exact) mass is 244 g/mol. The molecule has 2 aromatic rings. The van der Waals surface area contributed by atoms with Gasteiger partial charge in [0.2, 0.25) is 0 Å². The van der Waals surface area contributed by atoms with Gasteiger partial charge < -0.3 is 0 Å². The Morgan fingerprint density at radius 1 is 0.842 bits per heavy atom. The SMILES string of the molecule is C#CC(C#Cc1ccc(C)cc1)c1ccc(C)cc1. The third-order valence-electron chi connectivity index (χ3n) is 2.99. The molecule has 2 aromatic carbocycles. The molecule has 2 rings (SSSR count). The highest BCUT2D eigenvalue weighted by molar-refractivity contribution is 5.43. The lowest BCUT2D eigenvalue weighted by Gasteiger charge is -2.03. The van der Waals surface area contributed by atoms with Crippen molar-refractivity contribution in [2.45, 2.75) is 19.8 Å². The van der Waals surface area contributed by atoms with Crippen LogP contribution in [0.1, 0.15) is 28.2 Å². The molecule has 0 amide bonds. The lowest BCUT2D eigenvalue weighted by atomic mass is 9.99. The smallest absolute Gasteiger partial charge is 0.106 e. The summed E-state index contributed by atoms with van der Waals surface area (Å²) < 4.78 is 0. The first kappa shape index (κ1) is 13.0. The van der Waals surface area contributed by atoms with Gasteiger partial charge in [0.1, 0.15) is 5.92 Å². The van der Waals surface area contributed by atoms with Crippen molar-refractivity contribution in [3.05, 3.63) is 70.8 Å². The summed E-state index contributed by atoms with van der Waals surface area (Å²) in [6, 6.07) is 16.4. The standard InChI is InChI=1S/C19H16/c1-4-18(19-12-7-16(3)8-13-19)14-11-17-9-5-15(2)6-10-17/h1,5-10,12-13,18H,2-3H3. The molecule has 0 nitrogen and oxygen atoms in total. The molecule has 0 spiro atoms. The van der Waals surface area contributed by atoms with Gasteiger partial charge in [-0.3, -0.25) is 0 Å². The fraction of sp³-hybridized carbons (Fsp3) is 0.158. The van der Waals surface area contributed by atoms with Crippen LogP contribution in [0.4, 0.5) is 0 Å². The van der Waals surface area contributed by atoms with Crippen molar-refractivity contribution in [3.63, 3.8) is 0 Å². The maximum Gasteiger partial charge on any atom is 0.106 e. The van der Waals surface area contributed by atoms with Gasteiger partial charge in [-0.2, -0.15) is 0 Å². The summed E-state index contributed by atoms with van der Waals surface area (Å²) in [7, 11) is 0. The number of rotatable bonds is 1. The second kappa shape index (κ2) is 5.94. The summed E-state index contributed by atoms with van der Waals surface area (Å²) in [6.07, 6.45) is 5.58. The Morgan fingerprint density at radius 3 is 1.89 bits per heavy atom. The fourth-order valence-electron chi connectivity index (χ4n) is 1.77. The van der Waals surface area contributed by atoms with Crippen LogP contribution in [-0.4, -0.2) is 0 Å². The van der Waals surface area contributed by atoms with Gasteiger partial charge in [-0.25, -0.2) is 0 Å². The second-order valence-electron chi connectivity index (χ2n) is 4.65. The van der Waals surface area contributed by atoms with Crippen LogP contribution in [0.15, 0.2) is 48.5 Å². The van der Waals surface area contributed by atoms with Gasteiger partial charge in [-0.15, -0.1) is 6.42 Å². The van der Waals surface area contributed by atoms with Crippen molar-refractivity contribution in [2.75, 3.05) is 0 Å². The molecule has 0 aromatic heterocycles. The van der Waals surface area contributed by atoms with Gasteiger partial charge >= 0.3 is 0 Å². The largest absolute Gasteiger partial charge is 0.118 e. The van der Waals surface area contributed by atoms with E-state index in [0.717, 1.165) is 11.1 Å². The highest BCUT2D eigenvalue weighted by Gasteiger charge is 2.03. The number of aryl methyl sites for hydroxylation is 2. The van der Waals surface area contributed by atoms with Crippen LogP contribution in [0.2, 0.25) is 0 Å². The van der Waals surface area contributed by atoms with Crippen LogP contribution >= 0.6 is 0 Å². The Morgan fingerprint density at radius 2 is 1.37 bits per heavy atom. The molecule has 0 bridgehead atoms. The molecule has 1 unspecified atom stereocenters. The van der Waals surface area contributed by atoms with Crippen LogP contribution in [-0.2, 0) is 0 Å². The molecule has 0 saturated heterocycles. The molecule has 0 fully saturated rings. The average Bonchev–Trinajstić information content (AvgIpc) is 2.43. The summed E-state index contributed by atoms with van der Waals surface area (Å²) in [5.74, 6) is 8.89. The quantitative estimate of drug-likeness (QED) is 0.663. The normalized spacial score (nSPS) is 11.0. The van der Waals surface area contributed by atoms with E-state index in [4.69, 9.17) is 6.42 Å². The Bertz CT molecular complexity index is 640. The minimum Gasteiger partial charge on any atom is -0.118 e. The molecule has 0 heterocycles. The summed E-state index contributed by atoms with van der Waals surface area (Å²) in [4.78, 5) is 0. The Kier molecular flexibility index (Phi) is 4.07. The van der Waals surface area contributed by atoms with Gasteiger partial charge in [0.05, 0.1) is 0 Å². The summed E-state index contributed by atoms with van der Waals surface area (Å²) in [5, 5.41) is 0. The second-order valence-corrected chi connectivity index (χ2v) is 4.65. The van der Waals surface area contributed by atoms with E-state index >= 15 is 0 Å². The first-order valence-corrected chi connectivity index (χ1v) is 6.30. The number of hydrogen-bond donors (Lipinski definition) is 0. The molecule has 0 N–H and O–H groups in total. The minimum atomic E-state index is -0.151. The van der Waals surface area contributed by atoms with Crippen molar-refractivity contribution >= 4 is 0 Å². The van der Waals surface area contributed by atoms with Crippen LogP contribution in [0.3, 0.4) is 0 Å². The van der Waals surface area contributed by atoms with Crippen molar-refractivity contribution in [3.8, 4) is 24.2 Å². The molecule has 0 heteroatoms. The highest BCUT2D eigenvalue weighted by Crippen LogP contribution is 2.15. The molecule has 0 radical (unpaired) electrons. The topological polar surface area (TPSA) is 0 Å². The molecule has 19 heavy (non-hydrogen) atoms. The maximum absolute atomic E-state index is 5.58. The van der Waals surface area contributed by atoms with Gasteiger partial charge in [-0.1, -0.05) is 65.3 Å². The zero-order valence-corrected chi connectivity index (χ0v) is 11.3. The summed E-state index contributed by atoms with van der Waals surface area (Å²) in [5.41, 5.74) is 4.54. The molecular formula is C19H16.